The molecule has 0 radical (unpaired) electrons. The first kappa shape index (κ1) is 25.5. The molecule has 1 N–H and O–H groups in total. The van der Waals surface area contributed by atoms with Crippen molar-refractivity contribution in [2.75, 3.05) is 11.9 Å². The minimum atomic E-state index is -1.39. The van der Waals surface area contributed by atoms with Gasteiger partial charge in [-0.1, -0.05) is 12.1 Å². The zero-order chi connectivity index (χ0) is 24.7. The number of benzene rings is 1. The standard InChI is InChI=1S/C20H24N2O11/c1-10(23)29-9-16-17(30-11(2)24)18(31-12(3)25)19(32-13(4)26)20(33-16)21-14-7-5-6-8-15(14)22(27)28/h5-8,16-21H,9H2,1-4H3/t16-,17+,18-,19+,20-/m0/s1. The van der Waals surface area contributed by atoms with Crippen molar-refractivity contribution in [1.29, 1.82) is 0 Å². The summed E-state index contributed by atoms with van der Waals surface area (Å²) in [7, 11) is 0. The van der Waals surface area contributed by atoms with E-state index < -0.39 is 66.1 Å². The first-order valence-electron chi connectivity index (χ1n) is 9.80. The van der Waals surface area contributed by atoms with Crippen molar-refractivity contribution in [3.8, 4) is 0 Å². The van der Waals surface area contributed by atoms with Crippen LogP contribution in [-0.2, 0) is 42.9 Å². The molecule has 33 heavy (non-hydrogen) atoms. The van der Waals surface area contributed by atoms with Crippen LogP contribution in [0.3, 0.4) is 0 Å². The lowest BCUT2D eigenvalue weighted by Gasteiger charge is -2.44. The van der Waals surface area contributed by atoms with Gasteiger partial charge < -0.3 is 29.0 Å². The highest BCUT2D eigenvalue weighted by Crippen LogP contribution is 2.32. The van der Waals surface area contributed by atoms with Crippen LogP contribution in [0.4, 0.5) is 11.4 Å². The summed E-state index contributed by atoms with van der Waals surface area (Å²) in [4.78, 5) is 57.5. The molecule has 1 saturated heterocycles. The molecule has 13 nitrogen and oxygen atoms in total. The molecule has 1 aromatic carbocycles. The summed E-state index contributed by atoms with van der Waals surface area (Å²) in [6.07, 6.45) is -6.58. The van der Waals surface area contributed by atoms with Crippen LogP contribution in [0, 0.1) is 10.1 Å². The first-order valence-corrected chi connectivity index (χ1v) is 9.80. The van der Waals surface area contributed by atoms with Gasteiger partial charge in [-0.3, -0.25) is 29.3 Å². The molecule has 180 valence electrons. The quantitative estimate of drug-likeness (QED) is 0.250. The van der Waals surface area contributed by atoms with E-state index in [0.29, 0.717) is 0 Å². The Kier molecular flexibility index (Phi) is 8.68. The van der Waals surface area contributed by atoms with Gasteiger partial charge in [0, 0.05) is 33.8 Å². The van der Waals surface area contributed by atoms with Crippen LogP contribution in [0.5, 0.6) is 0 Å². The Morgan fingerprint density at radius 3 is 2.00 bits per heavy atom. The molecule has 1 fully saturated rings. The number of nitrogens with zero attached hydrogens (tertiary/aromatic N) is 1. The predicted molar refractivity (Wildman–Crippen MR) is 109 cm³/mol. The zero-order valence-electron chi connectivity index (χ0n) is 18.3. The Morgan fingerprint density at radius 2 is 1.45 bits per heavy atom. The van der Waals surface area contributed by atoms with E-state index in [1.54, 1.807) is 0 Å². The highest BCUT2D eigenvalue weighted by atomic mass is 16.7. The van der Waals surface area contributed by atoms with E-state index in [2.05, 4.69) is 5.32 Å². The van der Waals surface area contributed by atoms with E-state index in [-0.39, 0.29) is 11.4 Å². The second kappa shape index (κ2) is 11.2. The molecule has 0 bridgehead atoms. The number of ether oxygens (including phenoxy) is 5. The fourth-order valence-corrected chi connectivity index (χ4v) is 3.25. The number of esters is 4. The molecule has 0 amide bonds. The second-order valence-electron chi connectivity index (χ2n) is 7.04. The van der Waals surface area contributed by atoms with Gasteiger partial charge in [-0.15, -0.1) is 0 Å². The molecule has 0 aliphatic carbocycles. The maximum Gasteiger partial charge on any atom is 0.303 e. The third-order valence-electron chi connectivity index (χ3n) is 4.39. The summed E-state index contributed by atoms with van der Waals surface area (Å²) < 4.78 is 26.7. The number of rotatable bonds is 8. The first-order chi connectivity index (χ1) is 15.5. The molecular formula is C20H24N2O11. The molecule has 1 aromatic rings. The largest absolute Gasteiger partial charge is 0.463 e. The van der Waals surface area contributed by atoms with E-state index in [4.69, 9.17) is 23.7 Å². The second-order valence-corrected chi connectivity index (χ2v) is 7.04. The van der Waals surface area contributed by atoms with Crippen molar-refractivity contribution in [3.63, 3.8) is 0 Å². The summed E-state index contributed by atoms with van der Waals surface area (Å²) in [5.41, 5.74) is -0.284. The van der Waals surface area contributed by atoms with Gasteiger partial charge in [0.15, 0.2) is 24.5 Å². The average Bonchev–Trinajstić information content (AvgIpc) is 2.70. The van der Waals surface area contributed by atoms with Crippen molar-refractivity contribution in [3.05, 3.63) is 34.4 Å². The lowest BCUT2D eigenvalue weighted by atomic mass is 9.97. The number of nitrogens with one attached hydrogen (secondary N) is 1. The van der Waals surface area contributed by atoms with Crippen LogP contribution >= 0.6 is 0 Å². The molecular weight excluding hydrogens is 444 g/mol. The molecule has 0 unspecified atom stereocenters. The molecule has 5 atom stereocenters. The van der Waals surface area contributed by atoms with Crippen molar-refractivity contribution in [2.45, 2.75) is 58.3 Å². The van der Waals surface area contributed by atoms with E-state index in [1.807, 2.05) is 0 Å². The topological polar surface area (TPSA) is 170 Å². The average molecular weight is 468 g/mol. The predicted octanol–water partition coefficient (Wildman–Crippen LogP) is 1.09. The molecule has 2 rings (SSSR count). The summed E-state index contributed by atoms with van der Waals surface area (Å²) in [5, 5.41) is 14.2. The minimum Gasteiger partial charge on any atom is -0.463 e. The van der Waals surface area contributed by atoms with Crippen LogP contribution in [-0.4, -0.2) is 66.1 Å². The van der Waals surface area contributed by atoms with Crippen molar-refractivity contribution in [2.24, 2.45) is 0 Å². The number of carbonyl (C=O) groups excluding carboxylic acids is 4. The third kappa shape index (κ3) is 7.14. The summed E-state index contributed by atoms with van der Waals surface area (Å²) in [5.74, 6) is -2.99. The molecule has 1 heterocycles. The number of nitro benzene ring substituents is 1. The highest BCUT2D eigenvalue weighted by molar-refractivity contribution is 5.69. The number of hydrogen-bond acceptors (Lipinski definition) is 12. The minimum absolute atomic E-state index is 0.0170. The van der Waals surface area contributed by atoms with Crippen LogP contribution in [0.15, 0.2) is 24.3 Å². The normalized spacial score (nSPS) is 24.2. The summed E-state index contributed by atoms with van der Waals surface area (Å²) in [6.45, 7) is 4.03. The fourth-order valence-electron chi connectivity index (χ4n) is 3.25. The van der Waals surface area contributed by atoms with Gasteiger partial charge >= 0.3 is 23.9 Å². The molecule has 13 heteroatoms. The summed E-state index contributed by atoms with van der Waals surface area (Å²) >= 11 is 0. The number of anilines is 1. The van der Waals surface area contributed by atoms with E-state index in [0.717, 1.165) is 27.7 Å². The van der Waals surface area contributed by atoms with Gasteiger partial charge in [-0.05, 0) is 6.07 Å². The zero-order valence-corrected chi connectivity index (χ0v) is 18.3. The maximum absolute atomic E-state index is 11.8. The van der Waals surface area contributed by atoms with Gasteiger partial charge in [0.05, 0.1) is 4.92 Å². The van der Waals surface area contributed by atoms with E-state index in [1.165, 1.54) is 24.3 Å². The van der Waals surface area contributed by atoms with Crippen LogP contribution in [0.25, 0.3) is 0 Å². The van der Waals surface area contributed by atoms with Gasteiger partial charge in [-0.2, -0.15) is 0 Å². The summed E-state index contributed by atoms with van der Waals surface area (Å²) in [6, 6.07) is 5.62. The fraction of sp³-hybridized carbons (Fsp3) is 0.500. The van der Waals surface area contributed by atoms with E-state index in [9.17, 15) is 29.3 Å². The van der Waals surface area contributed by atoms with Gasteiger partial charge in [-0.25, -0.2) is 0 Å². The van der Waals surface area contributed by atoms with E-state index >= 15 is 0 Å². The SMILES string of the molecule is CC(=O)OC[C@@H]1O[C@H](Nc2ccccc2[N+](=O)[O-])[C@H](OC(C)=O)[C@@H](OC(C)=O)[C@@H]1OC(C)=O. The Hall–Kier alpha value is -3.74. The number of para-hydroxylation sites is 2. The van der Waals surface area contributed by atoms with Crippen molar-refractivity contribution in [1.82, 2.24) is 0 Å². The molecule has 1 aliphatic rings. The Balaban J connectivity index is 2.51. The lowest BCUT2D eigenvalue weighted by Crippen LogP contribution is -2.64. The molecule has 0 spiro atoms. The Labute approximate surface area is 188 Å². The Bertz CT molecular complexity index is 919. The number of nitro groups is 1. The number of carbonyl (C=O) groups is 4. The maximum atomic E-state index is 11.8. The molecule has 0 aromatic heterocycles. The van der Waals surface area contributed by atoms with Crippen molar-refractivity contribution >= 4 is 35.3 Å². The van der Waals surface area contributed by atoms with Crippen LogP contribution in [0.2, 0.25) is 0 Å². The van der Waals surface area contributed by atoms with Crippen molar-refractivity contribution < 1.29 is 47.8 Å². The Morgan fingerprint density at radius 1 is 0.909 bits per heavy atom. The van der Waals surface area contributed by atoms with Crippen LogP contribution < -0.4 is 5.32 Å². The number of hydrogen-bond donors (Lipinski definition) is 1. The highest BCUT2D eigenvalue weighted by Gasteiger charge is 2.52. The molecule has 0 saturated carbocycles. The molecule has 1 aliphatic heterocycles. The lowest BCUT2D eigenvalue weighted by molar-refractivity contribution is -0.384. The third-order valence-corrected chi connectivity index (χ3v) is 4.39. The van der Waals surface area contributed by atoms with Gasteiger partial charge in [0.1, 0.15) is 18.4 Å². The monoisotopic (exact) mass is 468 g/mol. The van der Waals surface area contributed by atoms with Crippen LogP contribution in [0.1, 0.15) is 27.7 Å². The van der Waals surface area contributed by atoms with Gasteiger partial charge in [0.2, 0.25) is 0 Å². The van der Waals surface area contributed by atoms with Gasteiger partial charge in [0.25, 0.3) is 5.69 Å². The smallest absolute Gasteiger partial charge is 0.303 e.